The molecule has 0 bridgehead atoms. The highest BCUT2D eigenvalue weighted by Crippen LogP contribution is 2.26. The van der Waals surface area contributed by atoms with E-state index in [4.69, 9.17) is 8.94 Å². The highest BCUT2D eigenvalue weighted by molar-refractivity contribution is 6.02. The van der Waals surface area contributed by atoms with Gasteiger partial charge in [-0.15, -0.1) is 5.10 Å². The van der Waals surface area contributed by atoms with Crippen LogP contribution in [-0.4, -0.2) is 31.0 Å². The van der Waals surface area contributed by atoms with Crippen molar-refractivity contribution in [2.24, 2.45) is 0 Å². The van der Waals surface area contributed by atoms with Gasteiger partial charge in [0, 0.05) is 23.4 Å². The van der Waals surface area contributed by atoms with Gasteiger partial charge in [-0.25, -0.2) is 4.68 Å². The van der Waals surface area contributed by atoms with Crippen molar-refractivity contribution in [3.8, 4) is 22.8 Å². The molecule has 0 aliphatic heterocycles. The van der Waals surface area contributed by atoms with Crippen LogP contribution in [0.25, 0.3) is 33.9 Å². The zero-order valence-electron chi connectivity index (χ0n) is 15.9. The first-order chi connectivity index (χ1) is 14.7. The Morgan fingerprint density at radius 1 is 1.10 bits per heavy atom. The minimum Gasteiger partial charge on any atom is -0.459 e. The second-order valence-electron chi connectivity index (χ2n) is 6.54. The number of hydrogen-bond donors (Lipinski definition) is 1. The van der Waals surface area contributed by atoms with Crippen LogP contribution in [0, 0.1) is 0 Å². The van der Waals surface area contributed by atoms with Gasteiger partial charge in [-0.2, -0.15) is 4.98 Å². The number of nitrogens with one attached hydrogen (secondary N) is 1. The molecule has 148 valence electrons. The molecule has 30 heavy (non-hydrogen) atoms. The third kappa shape index (κ3) is 3.22. The Kier molecular flexibility index (Phi) is 4.32. The Bertz CT molecular complexity index is 1340. The highest BCUT2D eigenvalue weighted by Gasteiger charge is 2.14. The predicted octanol–water partition coefficient (Wildman–Crippen LogP) is 4.01. The molecule has 0 unspecified atom stereocenters. The van der Waals surface area contributed by atoms with E-state index in [0.29, 0.717) is 23.0 Å². The summed E-state index contributed by atoms with van der Waals surface area (Å²) in [6.07, 6.45) is 1.45. The number of aromatic nitrogens is 5. The van der Waals surface area contributed by atoms with Crippen LogP contribution in [-0.2, 0) is 6.54 Å². The Morgan fingerprint density at radius 3 is 2.87 bits per heavy atom. The average Bonchev–Trinajstić information content (AvgIpc) is 3.54. The van der Waals surface area contributed by atoms with Gasteiger partial charge in [-0.3, -0.25) is 4.79 Å². The van der Waals surface area contributed by atoms with Gasteiger partial charge in [-0.05, 0) is 55.5 Å². The van der Waals surface area contributed by atoms with Crippen molar-refractivity contribution in [2.75, 3.05) is 5.32 Å². The zero-order chi connectivity index (χ0) is 20.5. The maximum absolute atomic E-state index is 12.2. The fraction of sp³-hybridized carbons (Fsp3) is 0.0952. The number of anilines is 1. The molecule has 3 heterocycles. The summed E-state index contributed by atoms with van der Waals surface area (Å²) < 4.78 is 12.4. The summed E-state index contributed by atoms with van der Waals surface area (Å²) in [5.74, 6) is 0.687. The van der Waals surface area contributed by atoms with Crippen LogP contribution in [0.3, 0.4) is 0 Å². The van der Waals surface area contributed by atoms with Gasteiger partial charge in [-0.1, -0.05) is 16.4 Å². The quantitative estimate of drug-likeness (QED) is 0.474. The standard InChI is InChI=1S/C21H16N6O3/c1-2-27-17-9-8-13(12-16(17)24-26-27)19-23-21(30-25-19)14-5-3-6-15(11-14)22-20(28)18-7-4-10-29-18/h3-12H,2H2,1H3,(H,22,28). The van der Waals surface area contributed by atoms with Crippen molar-refractivity contribution >= 4 is 22.6 Å². The molecule has 0 atom stereocenters. The normalized spacial score (nSPS) is 11.1. The molecule has 1 N–H and O–H groups in total. The Morgan fingerprint density at radius 2 is 2.03 bits per heavy atom. The van der Waals surface area contributed by atoms with Gasteiger partial charge in [0.2, 0.25) is 5.82 Å². The maximum atomic E-state index is 12.2. The van der Waals surface area contributed by atoms with E-state index in [0.717, 1.165) is 23.1 Å². The number of carbonyl (C=O) groups is 1. The molecule has 0 saturated heterocycles. The topological polar surface area (TPSA) is 112 Å². The van der Waals surface area contributed by atoms with E-state index >= 15 is 0 Å². The van der Waals surface area contributed by atoms with E-state index < -0.39 is 0 Å². The lowest BCUT2D eigenvalue weighted by atomic mass is 10.1. The second kappa shape index (κ2) is 7.28. The molecule has 2 aromatic carbocycles. The van der Waals surface area contributed by atoms with E-state index in [2.05, 4.69) is 25.8 Å². The summed E-state index contributed by atoms with van der Waals surface area (Å²) >= 11 is 0. The summed E-state index contributed by atoms with van der Waals surface area (Å²) in [6, 6.07) is 16.1. The summed E-state index contributed by atoms with van der Waals surface area (Å²) in [7, 11) is 0. The largest absolute Gasteiger partial charge is 0.459 e. The first kappa shape index (κ1) is 17.8. The first-order valence-electron chi connectivity index (χ1n) is 9.34. The molecular weight excluding hydrogens is 384 g/mol. The number of carbonyl (C=O) groups excluding carboxylic acids is 1. The number of furan rings is 1. The Labute approximate surface area is 170 Å². The van der Waals surface area contributed by atoms with E-state index in [1.54, 1.807) is 30.3 Å². The van der Waals surface area contributed by atoms with Gasteiger partial charge in [0.1, 0.15) is 5.52 Å². The molecule has 1 amide bonds. The molecule has 5 rings (SSSR count). The molecule has 3 aromatic heterocycles. The van der Waals surface area contributed by atoms with Crippen molar-refractivity contribution in [3.05, 3.63) is 66.6 Å². The fourth-order valence-electron chi connectivity index (χ4n) is 3.13. The molecule has 0 aliphatic carbocycles. The first-order valence-corrected chi connectivity index (χ1v) is 9.34. The minimum atomic E-state index is -0.336. The van der Waals surface area contributed by atoms with Crippen LogP contribution in [0.5, 0.6) is 0 Å². The van der Waals surface area contributed by atoms with Gasteiger partial charge in [0.15, 0.2) is 5.76 Å². The lowest BCUT2D eigenvalue weighted by Crippen LogP contribution is -2.10. The molecule has 0 aliphatic rings. The molecule has 0 saturated carbocycles. The lowest BCUT2D eigenvalue weighted by Gasteiger charge is -2.04. The lowest BCUT2D eigenvalue weighted by molar-refractivity contribution is 0.0996. The van der Waals surface area contributed by atoms with Gasteiger partial charge >= 0.3 is 0 Å². The van der Waals surface area contributed by atoms with E-state index in [9.17, 15) is 4.79 Å². The number of fused-ring (bicyclic) bond motifs is 1. The van der Waals surface area contributed by atoms with Crippen molar-refractivity contribution < 1.29 is 13.7 Å². The van der Waals surface area contributed by atoms with Crippen molar-refractivity contribution in [3.63, 3.8) is 0 Å². The molecule has 0 radical (unpaired) electrons. The number of benzene rings is 2. The highest BCUT2D eigenvalue weighted by atomic mass is 16.5. The van der Waals surface area contributed by atoms with Crippen LogP contribution >= 0.6 is 0 Å². The van der Waals surface area contributed by atoms with Crippen LogP contribution < -0.4 is 5.32 Å². The third-order valence-corrected chi connectivity index (χ3v) is 4.61. The maximum Gasteiger partial charge on any atom is 0.291 e. The van der Waals surface area contributed by atoms with Crippen molar-refractivity contribution in [1.29, 1.82) is 0 Å². The molecular formula is C21H16N6O3. The monoisotopic (exact) mass is 400 g/mol. The summed E-state index contributed by atoms with van der Waals surface area (Å²) in [5.41, 5.74) is 3.77. The molecule has 5 aromatic rings. The van der Waals surface area contributed by atoms with Crippen LogP contribution in [0.1, 0.15) is 17.5 Å². The SMILES string of the molecule is CCn1nnc2cc(-c3noc(-c4cccc(NC(=O)c5ccco5)c4)n3)ccc21. The van der Waals surface area contributed by atoms with E-state index in [1.807, 2.05) is 35.9 Å². The van der Waals surface area contributed by atoms with E-state index in [1.165, 1.54) is 6.26 Å². The summed E-state index contributed by atoms with van der Waals surface area (Å²) in [4.78, 5) is 16.7. The van der Waals surface area contributed by atoms with Gasteiger partial charge in [0.25, 0.3) is 11.8 Å². The number of nitrogens with zero attached hydrogens (tertiary/aromatic N) is 5. The summed E-state index contributed by atoms with van der Waals surface area (Å²) in [5, 5.41) is 15.2. The van der Waals surface area contributed by atoms with Crippen LogP contribution in [0.15, 0.2) is 69.8 Å². The van der Waals surface area contributed by atoms with Crippen molar-refractivity contribution in [1.82, 2.24) is 25.1 Å². The third-order valence-electron chi connectivity index (χ3n) is 4.61. The van der Waals surface area contributed by atoms with E-state index in [-0.39, 0.29) is 11.7 Å². The molecule has 0 fully saturated rings. The smallest absolute Gasteiger partial charge is 0.291 e. The molecule has 9 heteroatoms. The Hall–Kier alpha value is -4.27. The van der Waals surface area contributed by atoms with Crippen LogP contribution in [0.4, 0.5) is 5.69 Å². The average molecular weight is 400 g/mol. The zero-order valence-corrected chi connectivity index (χ0v) is 15.9. The molecule has 0 spiro atoms. The Balaban J connectivity index is 1.41. The number of rotatable bonds is 5. The molecule has 9 nitrogen and oxygen atoms in total. The number of aryl methyl sites for hydroxylation is 1. The minimum absolute atomic E-state index is 0.232. The number of amides is 1. The second-order valence-corrected chi connectivity index (χ2v) is 6.54. The summed E-state index contributed by atoms with van der Waals surface area (Å²) in [6.45, 7) is 2.76. The van der Waals surface area contributed by atoms with Gasteiger partial charge in [0.05, 0.1) is 11.8 Å². The fourth-order valence-corrected chi connectivity index (χ4v) is 3.13. The number of hydrogen-bond acceptors (Lipinski definition) is 7. The predicted molar refractivity (Wildman–Crippen MR) is 109 cm³/mol. The van der Waals surface area contributed by atoms with Crippen LogP contribution in [0.2, 0.25) is 0 Å². The van der Waals surface area contributed by atoms with Crippen molar-refractivity contribution in [2.45, 2.75) is 13.5 Å². The van der Waals surface area contributed by atoms with Gasteiger partial charge < -0.3 is 14.3 Å².